The average Bonchev–Trinajstić information content (AvgIpc) is 2.83. The minimum absolute atomic E-state index is 0. The minimum atomic E-state index is -0.537. The summed E-state index contributed by atoms with van der Waals surface area (Å²) in [6.07, 6.45) is 1.74. The third-order valence-electron chi connectivity index (χ3n) is 4.73. The number of benzene rings is 1. The van der Waals surface area contributed by atoms with E-state index in [1.807, 2.05) is 12.1 Å². The van der Waals surface area contributed by atoms with Crippen molar-refractivity contribution in [2.24, 2.45) is 0 Å². The van der Waals surface area contributed by atoms with Gasteiger partial charge in [-0.05, 0) is 36.0 Å². The van der Waals surface area contributed by atoms with E-state index in [1.54, 1.807) is 4.90 Å². The summed E-state index contributed by atoms with van der Waals surface area (Å²) >= 11 is 0. The van der Waals surface area contributed by atoms with Crippen molar-refractivity contribution in [2.45, 2.75) is 51.6 Å². The highest BCUT2D eigenvalue weighted by atomic mass is 16.2. The van der Waals surface area contributed by atoms with Gasteiger partial charge < -0.3 is 4.90 Å². The second-order valence-corrected chi connectivity index (χ2v) is 6.13. The highest BCUT2D eigenvalue weighted by Gasteiger charge is 2.39. The summed E-state index contributed by atoms with van der Waals surface area (Å²) in [5, 5.41) is 2.32. The van der Waals surface area contributed by atoms with Crippen LogP contribution < -0.4 is 5.32 Å². The fourth-order valence-corrected chi connectivity index (χ4v) is 3.14. The third kappa shape index (κ3) is 2.40. The smallest absolute Gasteiger partial charge is 0.255 e. The van der Waals surface area contributed by atoms with Crippen molar-refractivity contribution < 1.29 is 15.8 Å². The Kier molecular flexibility index (Phi) is 3.72. The van der Waals surface area contributed by atoms with Gasteiger partial charge in [0, 0.05) is 20.0 Å². The van der Waals surface area contributed by atoms with Gasteiger partial charge in [0.15, 0.2) is 0 Å². The lowest BCUT2D eigenvalue weighted by molar-refractivity contribution is -0.136. The van der Waals surface area contributed by atoms with E-state index >= 15 is 0 Å². The summed E-state index contributed by atoms with van der Waals surface area (Å²) in [5.74, 6) is -0.283. The highest BCUT2D eigenvalue weighted by Crippen LogP contribution is 2.30. The first-order chi connectivity index (χ1) is 10.5. The molecule has 22 heavy (non-hydrogen) atoms. The zero-order chi connectivity index (χ0) is 15.9. The molecule has 0 radical (unpaired) electrons. The van der Waals surface area contributed by atoms with Crippen molar-refractivity contribution in [1.82, 2.24) is 10.2 Å². The van der Waals surface area contributed by atoms with Crippen LogP contribution in [0.3, 0.4) is 0 Å². The van der Waals surface area contributed by atoms with E-state index in [1.165, 1.54) is 5.56 Å². The van der Waals surface area contributed by atoms with Crippen LogP contribution in [0.5, 0.6) is 0 Å². The monoisotopic (exact) mass is 302 g/mol. The van der Waals surface area contributed by atoms with Crippen LogP contribution in [0, 0.1) is 0 Å². The highest BCUT2D eigenvalue weighted by molar-refractivity contribution is 6.05. The van der Waals surface area contributed by atoms with Gasteiger partial charge in [-0.25, -0.2) is 0 Å². The van der Waals surface area contributed by atoms with Gasteiger partial charge in [0.2, 0.25) is 11.8 Å². The Bertz CT molecular complexity index is 659. The van der Waals surface area contributed by atoms with E-state index in [9.17, 15) is 14.4 Å². The van der Waals surface area contributed by atoms with Crippen LogP contribution in [0.1, 0.15) is 61.9 Å². The second kappa shape index (κ2) is 5.55. The number of carbonyl (C=O) groups excluding carboxylic acids is 3. The number of hydrogen-bond acceptors (Lipinski definition) is 3. The van der Waals surface area contributed by atoms with E-state index in [0.29, 0.717) is 24.4 Å². The Labute approximate surface area is 131 Å². The summed E-state index contributed by atoms with van der Waals surface area (Å²) < 4.78 is 0. The molecule has 1 fully saturated rings. The van der Waals surface area contributed by atoms with E-state index in [2.05, 4.69) is 25.2 Å². The average molecular weight is 302 g/mol. The van der Waals surface area contributed by atoms with Gasteiger partial charge in [-0.1, -0.05) is 26.0 Å². The molecule has 5 nitrogen and oxygen atoms in total. The fraction of sp³-hybridized carbons (Fsp3) is 0.471. The van der Waals surface area contributed by atoms with Gasteiger partial charge in [0.1, 0.15) is 6.04 Å². The molecule has 0 spiro atoms. The zero-order valence-electron chi connectivity index (χ0n) is 12.9. The first kappa shape index (κ1) is 14.8. The fourth-order valence-electron chi connectivity index (χ4n) is 3.14. The lowest BCUT2D eigenvalue weighted by atomic mass is 9.95. The molecule has 1 saturated heterocycles. The number of nitrogens with zero attached hydrogens (tertiary/aromatic N) is 1. The number of rotatable bonds is 3. The Hall–Kier alpha value is -2.17. The largest absolute Gasteiger partial charge is 0.322 e. The summed E-state index contributed by atoms with van der Waals surface area (Å²) in [6.45, 7) is 4.75. The maximum absolute atomic E-state index is 12.5. The number of nitrogens with one attached hydrogen (secondary N) is 1. The van der Waals surface area contributed by atoms with Crippen molar-refractivity contribution >= 4 is 17.7 Å². The molecule has 0 bridgehead atoms. The van der Waals surface area contributed by atoms with Gasteiger partial charge in [-0.2, -0.15) is 0 Å². The summed E-state index contributed by atoms with van der Waals surface area (Å²) in [5.41, 5.74) is 2.88. The van der Waals surface area contributed by atoms with Gasteiger partial charge in [-0.15, -0.1) is 0 Å². The quantitative estimate of drug-likeness (QED) is 0.871. The molecule has 2 aliphatic heterocycles. The van der Waals surface area contributed by atoms with Gasteiger partial charge in [-0.3, -0.25) is 19.7 Å². The molecule has 3 amide bonds. The second-order valence-electron chi connectivity index (χ2n) is 6.13. The molecule has 0 aliphatic carbocycles. The molecule has 1 N–H and O–H groups in total. The van der Waals surface area contributed by atoms with Crippen molar-refractivity contribution in [3.05, 3.63) is 34.9 Å². The van der Waals surface area contributed by atoms with Crippen molar-refractivity contribution in [2.75, 3.05) is 0 Å². The molecule has 118 valence electrons. The normalized spacial score (nSPS) is 22.5. The summed E-state index contributed by atoms with van der Waals surface area (Å²) in [4.78, 5) is 37.4. The Balaban J connectivity index is 0.00000192. The number of piperidine rings is 1. The van der Waals surface area contributed by atoms with E-state index in [4.69, 9.17) is 0 Å². The molecule has 1 aromatic rings. The van der Waals surface area contributed by atoms with Crippen LogP contribution in [0.15, 0.2) is 18.2 Å². The van der Waals surface area contributed by atoms with Gasteiger partial charge in [0.05, 0.1) is 0 Å². The molecule has 2 unspecified atom stereocenters. The minimum Gasteiger partial charge on any atom is -0.322 e. The number of hydrogen-bond donors (Lipinski definition) is 1. The van der Waals surface area contributed by atoms with Crippen molar-refractivity contribution in [1.29, 1.82) is 0 Å². The van der Waals surface area contributed by atoms with Crippen LogP contribution in [-0.4, -0.2) is 28.7 Å². The molecular formula is C17H22N2O3. The van der Waals surface area contributed by atoms with Crippen LogP contribution >= 0.6 is 0 Å². The maximum Gasteiger partial charge on any atom is 0.255 e. The van der Waals surface area contributed by atoms with Crippen LogP contribution in [-0.2, 0) is 16.1 Å². The molecule has 2 atom stereocenters. The van der Waals surface area contributed by atoms with E-state index in [0.717, 1.165) is 12.0 Å². The van der Waals surface area contributed by atoms with Crippen LogP contribution in [0.2, 0.25) is 0 Å². The molecule has 1 aromatic carbocycles. The Morgan fingerprint density at radius 2 is 2.14 bits per heavy atom. The van der Waals surface area contributed by atoms with Crippen molar-refractivity contribution in [3.63, 3.8) is 0 Å². The summed E-state index contributed by atoms with van der Waals surface area (Å²) in [6, 6.07) is 5.40. The van der Waals surface area contributed by atoms with Crippen LogP contribution in [0.25, 0.3) is 0 Å². The molecule has 0 aromatic heterocycles. The number of carbonyl (C=O) groups is 3. The Morgan fingerprint density at radius 3 is 2.82 bits per heavy atom. The predicted molar refractivity (Wildman–Crippen MR) is 83.3 cm³/mol. The molecule has 0 saturated carbocycles. The topological polar surface area (TPSA) is 66.5 Å². The predicted octanol–water partition coefficient (Wildman–Crippen LogP) is 2.21. The van der Waals surface area contributed by atoms with E-state index < -0.39 is 6.04 Å². The van der Waals surface area contributed by atoms with Gasteiger partial charge >= 0.3 is 0 Å². The SMILES string of the molecule is CCC(C)c1ccc2c(c1)CN(C1CCC(=O)NC1=O)C2=O.[HH]. The van der Waals surface area contributed by atoms with Crippen LogP contribution in [0.4, 0.5) is 0 Å². The molecule has 3 rings (SSSR count). The number of fused-ring (bicyclic) bond motifs is 1. The molecule has 5 heteroatoms. The lowest BCUT2D eigenvalue weighted by Crippen LogP contribution is -2.52. The first-order valence-electron chi connectivity index (χ1n) is 7.78. The third-order valence-corrected chi connectivity index (χ3v) is 4.73. The molecule has 2 aliphatic rings. The van der Waals surface area contributed by atoms with Crippen molar-refractivity contribution in [3.8, 4) is 0 Å². The molecular weight excluding hydrogens is 280 g/mol. The Morgan fingerprint density at radius 1 is 1.36 bits per heavy atom. The maximum atomic E-state index is 12.5. The zero-order valence-corrected chi connectivity index (χ0v) is 12.9. The lowest BCUT2D eigenvalue weighted by Gasteiger charge is -2.29. The van der Waals surface area contributed by atoms with E-state index in [-0.39, 0.29) is 25.6 Å². The number of imide groups is 1. The standard InChI is InChI=1S/C17H20N2O3.H2/c1-3-10(2)11-4-5-13-12(8-11)9-19(17(13)22)14-6-7-15(20)18-16(14)21;/h4-5,8,10,14H,3,6-7,9H2,1-2H3,(H,18,20,21);1H. The molecule has 2 heterocycles. The van der Waals surface area contributed by atoms with Gasteiger partial charge in [0.25, 0.3) is 5.91 Å². The number of amides is 3. The summed E-state index contributed by atoms with van der Waals surface area (Å²) in [7, 11) is 0. The first-order valence-corrected chi connectivity index (χ1v) is 7.78.